The third kappa shape index (κ3) is 2.94. The molecule has 1 aromatic heterocycles. The monoisotopic (exact) mass is 231 g/mol. The predicted molar refractivity (Wildman–Crippen MR) is 67.9 cm³/mol. The first kappa shape index (κ1) is 11.9. The summed E-state index contributed by atoms with van der Waals surface area (Å²) in [4.78, 5) is 14.5. The van der Waals surface area contributed by atoms with Gasteiger partial charge in [-0.25, -0.2) is 0 Å². The molecule has 0 aliphatic heterocycles. The Morgan fingerprint density at radius 2 is 2.06 bits per heavy atom. The van der Waals surface area contributed by atoms with Crippen LogP contribution in [0.15, 0.2) is 30.5 Å². The van der Waals surface area contributed by atoms with Crippen LogP contribution in [0.4, 0.5) is 0 Å². The van der Waals surface area contributed by atoms with Crippen molar-refractivity contribution in [1.29, 1.82) is 0 Å². The average Bonchev–Trinajstić information content (AvgIpc) is 2.73. The van der Waals surface area contributed by atoms with E-state index in [1.807, 2.05) is 18.3 Å². The Labute approximate surface area is 100 Å². The van der Waals surface area contributed by atoms with Gasteiger partial charge in [0.15, 0.2) is 0 Å². The topological polar surface area (TPSA) is 53.1 Å². The molecule has 0 amide bonds. The highest BCUT2D eigenvalue weighted by Crippen LogP contribution is 2.19. The van der Waals surface area contributed by atoms with Crippen LogP contribution in [0.1, 0.15) is 24.8 Å². The molecule has 3 nitrogen and oxygen atoms in total. The van der Waals surface area contributed by atoms with Gasteiger partial charge in [-0.05, 0) is 24.5 Å². The van der Waals surface area contributed by atoms with Crippen LogP contribution in [0.5, 0.6) is 0 Å². The van der Waals surface area contributed by atoms with E-state index in [1.54, 1.807) is 0 Å². The first-order valence-electron chi connectivity index (χ1n) is 5.99. The summed E-state index contributed by atoms with van der Waals surface area (Å²) in [5.74, 6) is 0.146. The maximum absolute atomic E-state index is 11.3. The molecule has 1 heterocycles. The minimum absolute atomic E-state index is 0.0358. The molecule has 17 heavy (non-hydrogen) atoms. The van der Waals surface area contributed by atoms with E-state index in [-0.39, 0.29) is 18.8 Å². The summed E-state index contributed by atoms with van der Waals surface area (Å²) in [6.45, 7) is -0.0358. The normalized spacial score (nSPS) is 10.9. The molecule has 0 unspecified atom stereocenters. The van der Waals surface area contributed by atoms with E-state index >= 15 is 0 Å². The van der Waals surface area contributed by atoms with E-state index < -0.39 is 0 Å². The number of aromatic amines is 1. The summed E-state index contributed by atoms with van der Waals surface area (Å²) in [7, 11) is 0. The van der Waals surface area contributed by atoms with E-state index in [9.17, 15) is 4.79 Å². The summed E-state index contributed by atoms with van der Waals surface area (Å²) in [6, 6.07) is 8.18. The van der Waals surface area contributed by atoms with Crippen molar-refractivity contribution in [2.24, 2.45) is 0 Å². The number of hydrogen-bond donors (Lipinski definition) is 2. The van der Waals surface area contributed by atoms with E-state index in [2.05, 4.69) is 17.1 Å². The second-order valence-electron chi connectivity index (χ2n) is 4.23. The van der Waals surface area contributed by atoms with Crippen LogP contribution in [0.25, 0.3) is 10.9 Å². The molecule has 90 valence electrons. The van der Waals surface area contributed by atoms with Crippen molar-refractivity contribution < 1.29 is 9.90 Å². The molecule has 0 fully saturated rings. The Morgan fingerprint density at radius 3 is 2.88 bits per heavy atom. The number of rotatable bonds is 6. The van der Waals surface area contributed by atoms with Gasteiger partial charge in [0.2, 0.25) is 0 Å². The molecule has 2 aromatic rings. The van der Waals surface area contributed by atoms with E-state index in [0.29, 0.717) is 6.42 Å². The van der Waals surface area contributed by atoms with Gasteiger partial charge in [0, 0.05) is 36.5 Å². The van der Waals surface area contributed by atoms with Crippen molar-refractivity contribution >= 4 is 16.7 Å². The number of hydrogen-bond acceptors (Lipinski definition) is 2. The fraction of sp³-hybridized carbons (Fsp3) is 0.357. The van der Waals surface area contributed by atoms with Gasteiger partial charge in [0.05, 0.1) is 0 Å². The molecule has 2 rings (SSSR count). The van der Waals surface area contributed by atoms with Crippen molar-refractivity contribution in [2.45, 2.75) is 25.7 Å². The first-order chi connectivity index (χ1) is 8.31. The number of aromatic nitrogens is 1. The molecule has 0 saturated heterocycles. The van der Waals surface area contributed by atoms with Crippen molar-refractivity contribution in [3.8, 4) is 0 Å². The molecular weight excluding hydrogens is 214 g/mol. The van der Waals surface area contributed by atoms with Crippen molar-refractivity contribution in [3.63, 3.8) is 0 Å². The highest BCUT2D eigenvalue weighted by Gasteiger charge is 2.04. The lowest BCUT2D eigenvalue weighted by atomic mass is 10.0. The number of aliphatic hydroxyl groups excluding tert-OH is 1. The van der Waals surface area contributed by atoms with Gasteiger partial charge in [-0.2, -0.15) is 0 Å². The molecule has 0 aliphatic carbocycles. The number of carbonyl (C=O) groups is 1. The van der Waals surface area contributed by atoms with Crippen LogP contribution in [-0.2, 0) is 11.2 Å². The largest absolute Gasteiger partial charge is 0.396 e. The van der Waals surface area contributed by atoms with Gasteiger partial charge in [-0.1, -0.05) is 18.2 Å². The third-order valence-corrected chi connectivity index (χ3v) is 2.97. The second kappa shape index (κ2) is 5.64. The lowest BCUT2D eigenvalue weighted by Gasteiger charge is -1.99. The van der Waals surface area contributed by atoms with Gasteiger partial charge < -0.3 is 10.1 Å². The van der Waals surface area contributed by atoms with Gasteiger partial charge in [-0.15, -0.1) is 0 Å². The molecule has 0 spiro atoms. The maximum atomic E-state index is 11.3. The number of H-pyrrole nitrogens is 1. The average molecular weight is 231 g/mol. The first-order valence-corrected chi connectivity index (χ1v) is 5.99. The lowest BCUT2D eigenvalue weighted by molar-refractivity contribution is -0.119. The van der Waals surface area contributed by atoms with E-state index in [0.717, 1.165) is 18.4 Å². The summed E-state index contributed by atoms with van der Waals surface area (Å²) in [5.41, 5.74) is 2.40. The van der Waals surface area contributed by atoms with Crippen molar-refractivity contribution in [2.75, 3.05) is 6.61 Å². The lowest BCUT2D eigenvalue weighted by Crippen LogP contribution is -2.01. The third-order valence-electron chi connectivity index (χ3n) is 2.97. The predicted octanol–water partition coefficient (Wildman–Crippen LogP) is 2.44. The number of Topliss-reactive ketones (excluding diaryl/α,β-unsaturated/α-hetero) is 1. The van der Waals surface area contributed by atoms with Crippen LogP contribution < -0.4 is 0 Å². The molecule has 3 heteroatoms. The zero-order valence-electron chi connectivity index (χ0n) is 9.78. The van der Waals surface area contributed by atoms with Crippen LogP contribution >= 0.6 is 0 Å². The Bertz CT molecular complexity index is 502. The second-order valence-corrected chi connectivity index (χ2v) is 4.23. The van der Waals surface area contributed by atoms with Gasteiger partial charge in [0.25, 0.3) is 0 Å². The van der Waals surface area contributed by atoms with Crippen molar-refractivity contribution in [1.82, 2.24) is 4.98 Å². The van der Waals surface area contributed by atoms with Crippen LogP contribution in [0.3, 0.4) is 0 Å². The standard InChI is InChI=1S/C14H17NO2/c16-9-8-12(17)5-3-4-11-10-15-14-7-2-1-6-13(11)14/h1-2,6-7,10,15-16H,3-5,8-9H2. The quantitative estimate of drug-likeness (QED) is 0.802. The minimum Gasteiger partial charge on any atom is -0.396 e. The number of aliphatic hydroxyl groups is 1. The molecular formula is C14H17NO2. The molecule has 0 saturated carbocycles. The minimum atomic E-state index is -0.0358. The Kier molecular flexibility index (Phi) is 3.94. The molecule has 0 radical (unpaired) electrons. The zero-order valence-corrected chi connectivity index (χ0v) is 9.78. The number of aryl methyl sites for hydroxylation is 1. The molecule has 1 aromatic carbocycles. The van der Waals surface area contributed by atoms with Crippen LogP contribution in [-0.4, -0.2) is 22.5 Å². The molecule has 0 bridgehead atoms. The molecule has 0 atom stereocenters. The Hall–Kier alpha value is -1.61. The van der Waals surface area contributed by atoms with E-state index in [4.69, 9.17) is 5.11 Å². The number of carbonyl (C=O) groups excluding carboxylic acids is 1. The summed E-state index contributed by atoms with van der Waals surface area (Å²) >= 11 is 0. The smallest absolute Gasteiger partial charge is 0.135 e. The fourth-order valence-corrected chi connectivity index (χ4v) is 2.06. The number of para-hydroxylation sites is 1. The van der Waals surface area contributed by atoms with Gasteiger partial charge in [0.1, 0.15) is 5.78 Å². The molecule has 2 N–H and O–H groups in total. The maximum Gasteiger partial charge on any atom is 0.135 e. The SMILES string of the molecule is O=C(CCO)CCCc1c[nH]c2ccccc12. The van der Waals surface area contributed by atoms with Crippen molar-refractivity contribution in [3.05, 3.63) is 36.0 Å². The zero-order chi connectivity index (χ0) is 12.1. The Balaban J connectivity index is 1.93. The van der Waals surface area contributed by atoms with Crippen LogP contribution in [0, 0.1) is 0 Å². The highest BCUT2D eigenvalue weighted by atomic mass is 16.3. The summed E-state index contributed by atoms with van der Waals surface area (Å²) < 4.78 is 0. The number of nitrogens with one attached hydrogen (secondary N) is 1. The van der Waals surface area contributed by atoms with Crippen LogP contribution in [0.2, 0.25) is 0 Å². The van der Waals surface area contributed by atoms with Gasteiger partial charge in [-0.3, -0.25) is 4.79 Å². The van der Waals surface area contributed by atoms with E-state index in [1.165, 1.54) is 10.9 Å². The number of ketones is 1. The number of fused-ring (bicyclic) bond motifs is 1. The highest BCUT2D eigenvalue weighted by molar-refractivity contribution is 5.83. The van der Waals surface area contributed by atoms with Gasteiger partial charge >= 0.3 is 0 Å². The Morgan fingerprint density at radius 1 is 1.24 bits per heavy atom. The fourth-order valence-electron chi connectivity index (χ4n) is 2.06. The molecule has 0 aliphatic rings. The summed E-state index contributed by atoms with van der Waals surface area (Å²) in [6.07, 6.45) is 4.61. The summed E-state index contributed by atoms with van der Waals surface area (Å²) in [5, 5.41) is 9.87. The number of benzene rings is 1.